The first kappa shape index (κ1) is 22.4. The molecule has 0 bridgehead atoms. The minimum absolute atomic E-state index is 0.0115. The summed E-state index contributed by atoms with van der Waals surface area (Å²) in [6, 6.07) is 4.62. The van der Waals surface area contributed by atoms with Gasteiger partial charge in [0.25, 0.3) is 5.56 Å². The van der Waals surface area contributed by atoms with Gasteiger partial charge in [0.15, 0.2) is 5.82 Å². The first-order chi connectivity index (χ1) is 16.8. The fraction of sp³-hybridized carbons (Fsp3) is 0.182. The van der Waals surface area contributed by atoms with Crippen molar-refractivity contribution in [2.24, 2.45) is 5.92 Å². The zero-order valence-electron chi connectivity index (χ0n) is 17.8. The summed E-state index contributed by atoms with van der Waals surface area (Å²) in [5, 5.41) is 12.5. The Morgan fingerprint density at radius 1 is 1.20 bits per heavy atom. The van der Waals surface area contributed by atoms with Gasteiger partial charge in [-0.25, -0.2) is 13.8 Å². The second-order valence-electron chi connectivity index (χ2n) is 7.99. The summed E-state index contributed by atoms with van der Waals surface area (Å²) in [6.45, 7) is 0. The standard InChI is InChI=1S/C22H16ClF2N9O/c23-13-3-4-14(25)17-15(13)21(35)34(11-5-10(24)7-29-8-11)20(31-17)16(9-1-2-9)30-19-12(6-26)18(27)32-22(28)33-19/h3-5,7-9,16H,1-2H2,(H5,27,28,30,32,33). The van der Waals surface area contributed by atoms with E-state index >= 15 is 0 Å². The molecule has 0 radical (unpaired) electrons. The zero-order chi connectivity index (χ0) is 24.9. The Kier molecular flexibility index (Phi) is 5.41. The number of nitrogen functional groups attached to an aromatic ring is 2. The van der Waals surface area contributed by atoms with E-state index in [0.29, 0.717) is 0 Å². The highest BCUT2D eigenvalue weighted by Gasteiger charge is 2.37. The number of hydrogen-bond donors (Lipinski definition) is 3. The Morgan fingerprint density at radius 3 is 2.66 bits per heavy atom. The van der Waals surface area contributed by atoms with Crippen LogP contribution in [-0.4, -0.2) is 24.5 Å². The third kappa shape index (κ3) is 3.95. The molecule has 1 aromatic carbocycles. The number of anilines is 3. The van der Waals surface area contributed by atoms with Crippen molar-refractivity contribution in [3.8, 4) is 11.8 Å². The van der Waals surface area contributed by atoms with E-state index in [9.17, 15) is 18.8 Å². The van der Waals surface area contributed by atoms with Gasteiger partial charge in [-0.2, -0.15) is 15.2 Å². The van der Waals surface area contributed by atoms with E-state index in [1.165, 1.54) is 12.3 Å². The van der Waals surface area contributed by atoms with Gasteiger partial charge in [0.1, 0.15) is 40.4 Å². The molecule has 3 aromatic heterocycles. The zero-order valence-corrected chi connectivity index (χ0v) is 18.6. The van der Waals surface area contributed by atoms with Crippen molar-refractivity contribution in [2.45, 2.75) is 18.9 Å². The van der Waals surface area contributed by atoms with Gasteiger partial charge in [-0.15, -0.1) is 0 Å². The van der Waals surface area contributed by atoms with E-state index in [1.54, 1.807) is 0 Å². The van der Waals surface area contributed by atoms with Crippen molar-refractivity contribution in [1.82, 2.24) is 24.5 Å². The number of fused-ring (bicyclic) bond motifs is 1. The molecule has 10 nitrogen and oxygen atoms in total. The Hall–Kier alpha value is -4.37. The molecule has 5 N–H and O–H groups in total. The monoisotopic (exact) mass is 495 g/mol. The highest BCUT2D eigenvalue weighted by molar-refractivity contribution is 6.35. The first-order valence-electron chi connectivity index (χ1n) is 10.4. The minimum Gasteiger partial charge on any atom is -0.382 e. The van der Waals surface area contributed by atoms with E-state index in [-0.39, 0.29) is 56.5 Å². The molecule has 1 aliphatic carbocycles. The average Bonchev–Trinajstić information content (AvgIpc) is 3.64. The summed E-state index contributed by atoms with van der Waals surface area (Å²) in [5.41, 5.74) is 10.6. The van der Waals surface area contributed by atoms with Crippen molar-refractivity contribution in [2.75, 3.05) is 16.8 Å². The number of nitrogens with two attached hydrogens (primary N) is 2. The van der Waals surface area contributed by atoms with E-state index < -0.39 is 23.2 Å². The van der Waals surface area contributed by atoms with Crippen LogP contribution < -0.4 is 22.3 Å². The van der Waals surface area contributed by atoms with Crippen LogP contribution in [0, 0.1) is 28.9 Å². The number of aromatic nitrogens is 5. The van der Waals surface area contributed by atoms with Gasteiger partial charge in [0, 0.05) is 6.07 Å². The number of nitrogens with one attached hydrogen (secondary N) is 1. The molecule has 1 aliphatic rings. The van der Waals surface area contributed by atoms with E-state index in [0.717, 1.165) is 35.7 Å². The van der Waals surface area contributed by atoms with Crippen molar-refractivity contribution in [3.05, 3.63) is 69.0 Å². The lowest BCUT2D eigenvalue weighted by atomic mass is 10.1. The summed E-state index contributed by atoms with van der Waals surface area (Å²) < 4.78 is 30.0. The largest absolute Gasteiger partial charge is 0.382 e. The number of rotatable bonds is 5. The van der Waals surface area contributed by atoms with E-state index in [2.05, 4.69) is 25.3 Å². The molecule has 0 saturated heterocycles. The van der Waals surface area contributed by atoms with Crippen molar-refractivity contribution in [1.29, 1.82) is 5.26 Å². The van der Waals surface area contributed by atoms with Crippen LogP contribution in [-0.2, 0) is 0 Å². The van der Waals surface area contributed by atoms with Crippen molar-refractivity contribution in [3.63, 3.8) is 0 Å². The lowest BCUT2D eigenvalue weighted by Crippen LogP contribution is -2.30. The molecule has 13 heteroatoms. The molecule has 1 atom stereocenters. The van der Waals surface area contributed by atoms with Crippen molar-refractivity contribution < 1.29 is 8.78 Å². The number of nitriles is 1. The molecule has 1 fully saturated rings. The van der Waals surface area contributed by atoms with Crippen LogP contribution in [0.15, 0.2) is 35.4 Å². The maximum atomic E-state index is 14.8. The van der Waals surface area contributed by atoms with Crippen LogP contribution in [0.1, 0.15) is 30.3 Å². The Morgan fingerprint density at radius 2 is 1.97 bits per heavy atom. The van der Waals surface area contributed by atoms with Crippen LogP contribution in [0.5, 0.6) is 0 Å². The number of pyridine rings is 1. The predicted octanol–water partition coefficient (Wildman–Crippen LogP) is 3.10. The fourth-order valence-corrected chi connectivity index (χ4v) is 4.13. The first-order valence-corrected chi connectivity index (χ1v) is 10.8. The van der Waals surface area contributed by atoms with E-state index in [4.69, 9.17) is 23.1 Å². The quantitative estimate of drug-likeness (QED) is 0.377. The number of nitrogens with zero attached hydrogens (tertiary/aromatic N) is 6. The summed E-state index contributed by atoms with van der Waals surface area (Å²) >= 11 is 6.23. The maximum absolute atomic E-state index is 14.8. The smallest absolute Gasteiger partial charge is 0.267 e. The van der Waals surface area contributed by atoms with Gasteiger partial charge >= 0.3 is 0 Å². The predicted molar refractivity (Wildman–Crippen MR) is 125 cm³/mol. The van der Waals surface area contributed by atoms with Crippen LogP contribution in [0.2, 0.25) is 5.02 Å². The van der Waals surface area contributed by atoms with Crippen LogP contribution in [0.3, 0.4) is 0 Å². The van der Waals surface area contributed by atoms with Crippen LogP contribution >= 0.6 is 11.6 Å². The third-order valence-electron chi connectivity index (χ3n) is 5.63. The van der Waals surface area contributed by atoms with Crippen LogP contribution in [0.25, 0.3) is 16.6 Å². The number of benzene rings is 1. The summed E-state index contributed by atoms with van der Waals surface area (Å²) in [4.78, 5) is 29.8. The second kappa shape index (κ2) is 8.44. The molecular weight excluding hydrogens is 480 g/mol. The molecule has 0 amide bonds. The van der Waals surface area contributed by atoms with Crippen LogP contribution in [0.4, 0.5) is 26.4 Å². The SMILES string of the molecule is N#Cc1c(N)nc(N)nc1NC(c1nc2c(F)ccc(Cl)c2c(=O)n1-c1cncc(F)c1)C1CC1. The third-order valence-corrected chi connectivity index (χ3v) is 5.94. The molecule has 5 rings (SSSR count). The fourth-order valence-electron chi connectivity index (χ4n) is 3.90. The maximum Gasteiger partial charge on any atom is 0.267 e. The molecule has 35 heavy (non-hydrogen) atoms. The summed E-state index contributed by atoms with van der Waals surface area (Å²) in [7, 11) is 0. The molecule has 0 spiro atoms. The molecule has 1 unspecified atom stereocenters. The van der Waals surface area contributed by atoms with Gasteiger partial charge in [-0.1, -0.05) is 11.6 Å². The number of halogens is 3. The van der Waals surface area contributed by atoms with Gasteiger partial charge in [-0.05, 0) is 30.9 Å². The van der Waals surface area contributed by atoms with Crippen molar-refractivity contribution >= 4 is 40.1 Å². The second-order valence-corrected chi connectivity index (χ2v) is 8.39. The van der Waals surface area contributed by atoms with Gasteiger partial charge in [-0.3, -0.25) is 14.3 Å². The Bertz CT molecular complexity index is 1600. The van der Waals surface area contributed by atoms with E-state index in [1.807, 2.05) is 6.07 Å². The summed E-state index contributed by atoms with van der Waals surface area (Å²) in [5.74, 6) is -1.74. The molecule has 0 aliphatic heterocycles. The highest BCUT2D eigenvalue weighted by atomic mass is 35.5. The molecular formula is C22H16ClF2N9O. The normalized spacial score (nSPS) is 14.0. The highest BCUT2D eigenvalue weighted by Crippen LogP contribution is 2.43. The Balaban J connectivity index is 1.80. The lowest BCUT2D eigenvalue weighted by molar-refractivity contribution is 0.594. The lowest BCUT2D eigenvalue weighted by Gasteiger charge is -2.23. The Labute approximate surface area is 201 Å². The van der Waals surface area contributed by atoms with Gasteiger partial charge in [0.05, 0.1) is 34.5 Å². The molecule has 4 aromatic rings. The summed E-state index contributed by atoms with van der Waals surface area (Å²) in [6.07, 6.45) is 3.74. The molecule has 1 saturated carbocycles. The molecule has 176 valence electrons. The van der Waals surface area contributed by atoms with Gasteiger partial charge < -0.3 is 16.8 Å². The average molecular weight is 496 g/mol. The molecule has 3 heterocycles. The minimum atomic E-state index is -0.755. The topological polar surface area (TPSA) is 161 Å². The number of hydrogen-bond acceptors (Lipinski definition) is 9. The van der Waals surface area contributed by atoms with Gasteiger partial charge in [0.2, 0.25) is 5.95 Å².